The first-order chi connectivity index (χ1) is 11.0. The van der Waals surface area contributed by atoms with E-state index in [-0.39, 0.29) is 29.2 Å². The summed E-state index contributed by atoms with van der Waals surface area (Å²) < 4.78 is 5.23. The zero-order chi connectivity index (χ0) is 16.9. The first-order valence-electron chi connectivity index (χ1n) is 7.72. The lowest BCUT2D eigenvalue weighted by Gasteiger charge is -2.31. The smallest absolute Gasteiger partial charge is 0.252 e. The zero-order valence-electron chi connectivity index (χ0n) is 13.6. The molecule has 1 fully saturated rings. The van der Waals surface area contributed by atoms with Crippen molar-refractivity contribution in [2.45, 2.75) is 31.7 Å². The van der Waals surface area contributed by atoms with Crippen LogP contribution >= 0.6 is 24.0 Å². The largest absolute Gasteiger partial charge is 0.381 e. The Morgan fingerprint density at radius 2 is 2.00 bits per heavy atom. The summed E-state index contributed by atoms with van der Waals surface area (Å²) in [6.45, 7) is 3.51. The second-order valence-electron chi connectivity index (χ2n) is 5.67. The zero-order valence-corrected chi connectivity index (χ0v) is 15.1. The van der Waals surface area contributed by atoms with Gasteiger partial charge in [0.1, 0.15) is 5.54 Å². The Morgan fingerprint density at radius 3 is 2.58 bits per heavy atom. The highest BCUT2D eigenvalue weighted by atomic mass is 35.5. The van der Waals surface area contributed by atoms with Crippen LogP contribution in [0.1, 0.15) is 36.5 Å². The van der Waals surface area contributed by atoms with Crippen molar-refractivity contribution in [2.24, 2.45) is 5.73 Å². The summed E-state index contributed by atoms with van der Waals surface area (Å²) in [5, 5.41) is 5.82. The predicted molar refractivity (Wildman–Crippen MR) is 96.9 cm³/mol. The average molecular weight is 376 g/mol. The fourth-order valence-corrected chi connectivity index (χ4v) is 2.60. The molecule has 134 valence electrons. The van der Waals surface area contributed by atoms with E-state index in [1.165, 1.54) is 0 Å². The summed E-state index contributed by atoms with van der Waals surface area (Å²) in [4.78, 5) is 24.3. The maximum atomic E-state index is 12.3. The molecule has 1 aromatic carbocycles. The molecular weight excluding hydrogens is 353 g/mol. The summed E-state index contributed by atoms with van der Waals surface area (Å²) in [5.74, 6) is -0.491. The van der Waals surface area contributed by atoms with E-state index < -0.39 is 5.54 Å². The second-order valence-corrected chi connectivity index (χ2v) is 6.08. The third-order valence-electron chi connectivity index (χ3n) is 3.84. The van der Waals surface area contributed by atoms with Crippen LogP contribution in [0, 0.1) is 0 Å². The van der Waals surface area contributed by atoms with Crippen LogP contribution < -0.4 is 16.4 Å². The number of benzene rings is 1. The van der Waals surface area contributed by atoms with Gasteiger partial charge in [-0.05, 0) is 37.5 Å². The van der Waals surface area contributed by atoms with Crippen LogP contribution in [0.25, 0.3) is 0 Å². The van der Waals surface area contributed by atoms with Gasteiger partial charge in [0.05, 0.1) is 10.6 Å². The lowest BCUT2D eigenvalue weighted by Crippen LogP contribution is -2.54. The molecule has 0 aliphatic carbocycles. The first kappa shape index (κ1) is 20.7. The fraction of sp³-hybridized carbons (Fsp3) is 0.500. The Kier molecular flexibility index (Phi) is 7.96. The van der Waals surface area contributed by atoms with Gasteiger partial charge in [-0.3, -0.25) is 9.59 Å². The number of ether oxygens (including phenoxy) is 1. The number of hydrogen-bond donors (Lipinski definition) is 3. The molecule has 0 unspecified atom stereocenters. The molecule has 6 nitrogen and oxygen atoms in total. The van der Waals surface area contributed by atoms with Gasteiger partial charge in [0.2, 0.25) is 5.91 Å². The molecule has 1 aliphatic heterocycles. The number of carbonyl (C=O) groups excluding carboxylic acids is 2. The van der Waals surface area contributed by atoms with Crippen molar-refractivity contribution in [1.82, 2.24) is 5.32 Å². The number of nitrogens with two attached hydrogens (primary N) is 1. The van der Waals surface area contributed by atoms with Crippen LogP contribution in [0.3, 0.4) is 0 Å². The van der Waals surface area contributed by atoms with Gasteiger partial charge in [0.15, 0.2) is 0 Å². The molecule has 8 heteroatoms. The van der Waals surface area contributed by atoms with Gasteiger partial charge < -0.3 is 21.1 Å². The minimum Gasteiger partial charge on any atom is -0.381 e. The molecule has 24 heavy (non-hydrogen) atoms. The van der Waals surface area contributed by atoms with E-state index in [1.54, 1.807) is 18.2 Å². The maximum absolute atomic E-state index is 12.3. The Morgan fingerprint density at radius 1 is 1.33 bits per heavy atom. The van der Waals surface area contributed by atoms with Crippen molar-refractivity contribution >= 4 is 41.5 Å². The summed E-state index contributed by atoms with van der Waals surface area (Å²) in [6, 6.07) is 4.80. The number of amides is 2. The molecule has 1 aliphatic rings. The van der Waals surface area contributed by atoms with E-state index in [2.05, 4.69) is 10.6 Å². The highest BCUT2D eigenvalue weighted by Gasteiger charge is 2.35. The molecule has 4 N–H and O–H groups in total. The number of carbonyl (C=O) groups is 2. The number of halogens is 2. The standard InChI is InChI=1S/C16H22ClN3O3.ClH/c1-2-7-19-14(21)12-4-3-11(10-13(12)17)20-15(22)16(18)5-8-23-9-6-16;/h3-4,10H,2,5-9,18H2,1H3,(H,19,21)(H,20,22);1H. The third kappa shape index (κ3) is 5.08. The van der Waals surface area contributed by atoms with Crippen molar-refractivity contribution in [3.8, 4) is 0 Å². The molecule has 0 saturated carbocycles. The summed E-state index contributed by atoms with van der Waals surface area (Å²) in [5.41, 5.74) is 6.10. The van der Waals surface area contributed by atoms with Crippen molar-refractivity contribution in [1.29, 1.82) is 0 Å². The molecule has 0 radical (unpaired) electrons. The van der Waals surface area contributed by atoms with Gasteiger partial charge in [0.25, 0.3) is 5.91 Å². The Bertz CT molecular complexity index is 590. The number of rotatable bonds is 5. The average Bonchev–Trinajstić information content (AvgIpc) is 2.53. The van der Waals surface area contributed by atoms with E-state index in [9.17, 15) is 9.59 Å². The number of nitrogens with one attached hydrogen (secondary N) is 2. The summed E-state index contributed by atoms with van der Waals surface area (Å²) in [7, 11) is 0. The molecular formula is C16H23Cl2N3O3. The van der Waals surface area contributed by atoms with Crippen LogP contribution in [0.15, 0.2) is 18.2 Å². The first-order valence-corrected chi connectivity index (χ1v) is 8.10. The minimum absolute atomic E-state index is 0. The van der Waals surface area contributed by atoms with Crippen molar-refractivity contribution < 1.29 is 14.3 Å². The topological polar surface area (TPSA) is 93.5 Å². The highest BCUT2D eigenvalue weighted by Crippen LogP contribution is 2.24. The third-order valence-corrected chi connectivity index (χ3v) is 4.16. The van der Waals surface area contributed by atoms with Crippen LogP contribution in [0.2, 0.25) is 5.02 Å². The van der Waals surface area contributed by atoms with Gasteiger partial charge in [0, 0.05) is 25.4 Å². The summed E-state index contributed by atoms with van der Waals surface area (Å²) in [6.07, 6.45) is 1.80. The molecule has 0 aromatic heterocycles. The van der Waals surface area contributed by atoms with E-state index in [4.69, 9.17) is 22.1 Å². The molecule has 0 spiro atoms. The van der Waals surface area contributed by atoms with Crippen molar-refractivity contribution in [3.05, 3.63) is 28.8 Å². The molecule has 1 heterocycles. The molecule has 0 atom stereocenters. The molecule has 1 aromatic rings. The number of hydrogen-bond acceptors (Lipinski definition) is 4. The van der Waals surface area contributed by atoms with Crippen LogP contribution in [-0.4, -0.2) is 37.1 Å². The van der Waals surface area contributed by atoms with Gasteiger partial charge in [-0.15, -0.1) is 12.4 Å². The van der Waals surface area contributed by atoms with E-state index in [0.29, 0.717) is 43.9 Å². The monoisotopic (exact) mass is 375 g/mol. The second kappa shape index (κ2) is 9.22. The van der Waals surface area contributed by atoms with E-state index >= 15 is 0 Å². The number of anilines is 1. The SMILES string of the molecule is CCCNC(=O)c1ccc(NC(=O)C2(N)CCOCC2)cc1Cl.Cl. The maximum Gasteiger partial charge on any atom is 0.252 e. The molecule has 2 amide bonds. The van der Waals surface area contributed by atoms with E-state index in [0.717, 1.165) is 6.42 Å². The molecule has 1 saturated heterocycles. The Balaban J connectivity index is 0.00000288. The summed E-state index contributed by atoms with van der Waals surface area (Å²) >= 11 is 6.14. The van der Waals surface area contributed by atoms with E-state index in [1.807, 2.05) is 6.92 Å². The van der Waals surface area contributed by atoms with Gasteiger partial charge in [-0.2, -0.15) is 0 Å². The van der Waals surface area contributed by atoms with Gasteiger partial charge in [-0.25, -0.2) is 0 Å². The van der Waals surface area contributed by atoms with Gasteiger partial charge in [-0.1, -0.05) is 18.5 Å². The van der Waals surface area contributed by atoms with Crippen molar-refractivity contribution in [2.75, 3.05) is 25.1 Å². The van der Waals surface area contributed by atoms with Crippen LogP contribution in [0.4, 0.5) is 5.69 Å². The highest BCUT2D eigenvalue weighted by molar-refractivity contribution is 6.34. The van der Waals surface area contributed by atoms with Crippen LogP contribution in [-0.2, 0) is 9.53 Å². The molecule has 2 rings (SSSR count). The molecule has 0 bridgehead atoms. The normalized spacial score (nSPS) is 16.0. The minimum atomic E-state index is -0.929. The van der Waals surface area contributed by atoms with Gasteiger partial charge >= 0.3 is 0 Å². The Labute approximate surface area is 152 Å². The van der Waals surface area contributed by atoms with Crippen molar-refractivity contribution in [3.63, 3.8) is 0 Å². The lowest BCUT2D eigenvalue weighted by molar-refractivity contribution is -0.124. The Hall–Kier alpha value is -1.34. The van der Waals surface area contributed by atoms with Crippen LogP contribution in [0.5, 0.6) is 0 Å². The predicted octanol–water partition coefficient (Wildman–Crippen LogP) is 2.35. The lowest BCUT2D eigenvalue weighted by atomic mass is 9.90. The quantitative estimate of drug-likeness (QED) is 0.736. The fourth-order valence-electron chi connectivity index (χ4n) is 2.33.